The third kappa shape index (κ3) is 3.23. The zero-order valence-electron chi connectivity index (χ0n) is 14.3. The molecule has 5 nitrogen and oxygen atoms in total. The van der Waals surface area contributed by atoms with Gasteiger partial charge in [-0.05, 0) is 37.6 Å². The molecule has 0 spiro atoms. The zero-order valence-corrected chi connectivity index (χ0v) is 15.1. The van der Waals surface area contributed by atoms with Crippen molar-refractivity contribution in [3.63, 3.8) is 0 Å². The molecule has 1 aromatic carbocycles. The van der Waals surface area contributed by atoms with E-state index in [4.69, 9.17) is 0 Å². The Morgan fingerprint density at radius 1 is 1.28 bits per heavy atom. The Balaban J connectivity index is 1.47. The fraction of sp³-hybridized carbons (Fsp3) is 0.263. The van der Waals surface area contributed by atoms with Crippen molar-refractivity contribution in [1.82, 2.24) is 19.4 Å². The van der Waals surface area contributed by atoms with Crippen molar-refractivity contribution in [3.05, 3.63) is 63.7 Å². The number of hydrogen-bond donors (Lipinski definition) is 1. The SMILES string of the molecule is Cc1cc2c(=O)[nH]c(CN(C)CCn3ccc4ccccc43)nc2s1. The van der Waals surface area contributed by atoms with Crippen molar-refractivity contribution in [3.8, 4) is 0 Å². The summed E-state index contributed by atoms with van der Waals surface area (Å²) < 4.78 is 2.26. The molecule has 0 aliphatic carbocycles. The molecule has 0 amide bonds. The van der Waals surface area contributed by atoms with Gasteiger partial charge in [-0.1, -0.05) is 18.2 Å². The number of nitrogens with zero attached hydrogens (tertiary/aromatic N) is 3. The molecule has 0 aliphatic heterocycles. The molecule has 25 heavy (non-hydrogen) atoms. The Kier molecular flexibility index (Phi) is 4.15. The molecule has 0 radical (unpaired) electrons. The van der Waals surface area contributed by atoms with Crippen molar-refractivity contribution in [2.24, 2.45) is 0 Å². The van der Waals surface area contributed by atoms with Crippen LogP contribution in [-0.4, -0.2) is 33.0 Å². The molecule has 1 N–H and O–H groups in total. The van der Waals surface area contributed by atoms with Gasteiger partial charge >= 0.3 is 0 Å². The molecule has 0 saturated carbocycles. The first-order chi connectivity index (χ1) is 12.1. The molecule has 3 aromatic heterocycles. The summed E-state index contributed by atoms with van der Waals surface area (Å²) in [7, 11) is 2.05. The minimum atomic E-state index is -0.0471. The summed E-state index contributed by atoms with van der Waals surface area (Å²) in [5.41, 5.74) is 1.20. The van der Waals surface area contributed by atoms with Crippen LogP contribution < -0.4 is 5.56 Å². The van der Waals surface area contributed by atoms with Crippen molar-refractivity contribution in [2.45, 2.75) is 20.0 Å². The molecule has 6 heteroatoms. The summed E-state index contributed by atoms with van der Waals surface area (Å²) in [5, 5.41) is 1.95. The van der Waals surface area contributed by atoms with Gasteiger partial charge in [-0.3, -0.25) is 9.69 Å². The predicted molar refractivity (Wildman–Crippen MR) is 103 cm³/mol. The van der Waals surface area contributed by atoms with Crippen LogP contribution in [0.3, 0.4) is 0 Å². The number of aromatic nitrogens is 3. The second-order valence-electron chi connectivity index (χ2n) is 6.39. The maximum atomic E-state index is 12.2. The highest BCUT2D eigenvalue weighted by Crippen LogP contribution is 2.20. The van der Waals surface area contributed by atoms with E-state index in [0.29, 0.717) is 11.9 Å². The van der Waals surface area contributed by atoms with Crippen molar-refractivity contribution in [2.75, 3.05) is 13.6 Å². The maximum absolute atomic E-state index is 12.2. The largest absolute Gasteiger partial charge is 0.346 e. The molecule has 0 bridgehead atoms. The molecule has 4 rings (SSSR count). The van der Waals surface area contributed by atoms with E-state index in [1.165, 1.54) is 10.9 Å². The summed E-state index contributed by atoms with van der Waals surface area (Å²) in [5.74, 6) is 0.721. The normalized spacial score (nSPS) is 11.8. The molecule has 3 heterocycles. The van der Waals surface area contributed by atoms with E-state index < -0.39 is 0 Å². The van der Waals surface area contributed by atoms with E-state index in [-0.39, 0.29) is 5.56 Å². The van der Waals surface area contributed by atoms with Gasteiger partial charge in [0.1, 0.15) is 10.7 Å². The smallest absolute Gasteiger partial charge is 0.259 e. The zero-order chi connectivity index (χ0) is 17.4. The Morgan fingerprint density at radius 3 is 3.00 bits per heavy atom. The number of para-hydroxylation sites is 1. The van der Waals surface area contributed by atoms with Gasteiger partial charge in [-0.25, -0.2) is 4.98 Å². The predicted octanol–water partition coefficient (Wildman–Crippen LogP) is 3.38. The quantitative estimate of drug-likeness (QED) is 0.599. The molecule has 0 atom stereocenters. The fourth-order valence-electron chi connectivity index (χ4n) is 3.12. The lowest BCUT2D eigenvalue weighted by atomic mass is 10.2. The average molecular weight is 352 g/mol. The lowest BCUT2D eigenvalue weighted by molar-refractivity contribution is 0.306. The molecule has 128 valence electrons. The summed E-state index contributed by atoms with van der Waals surface area (Å²) in [6.07, 6.45) is 2.12. The van der Waals surface area contributed by atoms with Crippen LogP contribution in [0.2, 0.25) is 0 Å². The number of aryl methyl sites for hydroxylation is 1. The number of hydrogen-bond acceptors (Lipinski definition) is 4. The summed E-state index contributed by atoms with van der Waals surface area (Å²) in [4.78, 5) is 23.8. The minimum Gasteiger partial charge on any atom is -0.346 e. The number of likely N-dealkylation sites (N-methyl/N-ethyl adjacent to an activating group) is 1. The topological polar surface area (TPSA) is 53.9 Å². The third-order valence-corrected chi connectivity index (χ3v) is 5.34. The highest BCUT2D eigenvalue weighted by atomic mass is 32.1. The second-order valence-corrected chi connectivity index (χ2v) is 7.63. The van der Waals surface area contributed by atoms with E-state index in [0.717, 1.165) is 28.6 Å². The number of thiophene rings is 1. The van der Waals surface area contributed by atoms with Crippen LogP contribution in [0.25, 0.3) is 21.1 Å². The van der Waals surface area contributed by atoms with Gasteiger partial charge in [0.25, 0.3) is 5.56 Å². The number of benzene rings is 1. The second kappa shape index (κ2) is 6.46. The molecular weight excluding hydrogens is 332 g/mol. The standard InChI is InChI=1S/C19H20N4OS/c1-13-11-15-18(24)20-17(21-19(15)25-13)12-22(2)9-10-23-8-7-14-5-3-4-6-16(14)23/h3-8,11H,9-10,12H2,1-2H3,(H,20,21,24). The van der Waals surface area contributed by atoms with Crippen molar-refractivity contribution < 1.29 is 0 Å². The van der Waals surface area contributed by atoms with Crippen LogP contribution >= 0.6 is 11.3 Å². The number of aromatic amines is 1. The molecular formula is C19H20N4OS. The number of rotatable bonds is 5. The van der Waals surface area contributed by atoms with Crippen molar-refractivity contribution in [1.29, 1.82) is 0 Å². The van der Waals surface area contributed by atoms with E-state index in [2.05, 4.69) is 63.0 Å². The highest BCUT2D eigenvalue weighted by molar-refractivity contribution is 7.18. The van der Waals surface area contributed by atoms with Gasteiger partial charge in [-0.2, -0.15) is 0 Å². The van der Waals surface area contributed by atoms with Crippen LogP contribution in [0.5, 0.6) is 0 Å². The van der Waals surface area contributed by atoms with Gasteiger partial charge < -0.3 is 9.55 Å². The monoisotopic (exact) mass is 352 g/mol. The van der Waals surface area contributed by atoms with Gasteiger partial charge in [0.05, 0.1) is 11.9 Å². The van der Waals surface area contributed by atoms with Gasteiger partial charge in [-0.15, -0.1) is 11.3 Å². The molecule has 0 saturated heterocycles. The van der Waals surface area contributed by atoms with Crippen molar-refractivity contribution >= 4 is 32.5 Å². The van der Waals surface area contributed by atoms with Crippen LogP contribution in [-0.2, 0) is 13.1 Å². The number of fused-ring (bicyclic) bond motifs is 2. The summed E-state index contributed by atoms with van der Waals surface area (Å²) >= 11 is 1.57. The lowest BCUT2D eigenvalue weighted by Gasteiger charge is -2.16. The van der Waals surface area contributed by atoms with E-state index in [9.17, 15) is 4.79 Å². The number of nitrogens with one attached hydrogen (secondary N) is 1. The first kappa shape index (κ1) is 16.1. The first-order valence-corrected chi connectivity index (χ1v) is 9.13. The Hall–Kier alpha value is -2.44. The molecule has 0 aliphatic rings. The van der Waals surface area contributed by atoms with E-state index >= 15 is 0 Å². The van der Waals surface area contributed by atoms with Crippen LogP contribution in [0, 0.1) is 6.92 Å². The minimum absolute atomic E-state index is 0.0471. The molecule has 4 aromatic rings. The third-order valence-electron chi connectivity index (χ3n) is 4.40. The van der Waals surface area contributed by atoms with Gasteiger partial charge in [0.2, 0.25) is 0 Å². The van der Waals surface area contributed by atoms with Crippen LogP contribution in [0.15, 0.2) is 47.4 Å². The maximum Gasteiger partial charge on any atom is 0.259 e. The fourth-order valence-corrected chi connectivity index (χ4v) is 4.02. The Morgan fingerprint density at radius 2 is 2.12 bits per heavy atom. The summed E-state index contributed by atoms with van der Waals surface area (Å²) in [6, 6.07) is 12.4. The molecule has 0 fully saturated rings. The lowest BCUT2D eigenvalue weighted by Crippen LogP contribution is -2.25. The Bertz CT molecular complexity index is 1090. The highest BCUT2D eigenvalue weighted by Gasteiger charge is 2.09. The molecule has 0 unspecified atom stereocenters. The first-order valence-electron chi connectivity index (χ1n) is 8.32. The van der Waals surface area contributed by atoms with Crippen LogP contribution in [0.4, 0.5) is 0 Å². The summed E-state index contributed by atoms with van der Waals surface area (Å²) in [6.45, 7) is 4.40. The Labute approximate surface area is 149 Å². The number of H-pyrrole nitrogens is 1. The average Bonchev–Trinajstić information content (AvgIpc) is 3.16. The van der Waals surface area contributed by atoms with E-state index in [1.807, 2.05) is 13.0 Å². The van der Waals surface area contributed by atoms with Crippen LogP contribution in [0.1, 0.15) is 10.7 Å². The van der Waals surface area contributed by atoms with E-state index in [1.54, 1.807) is 11.3 Å². The van der Waals surface area contributed by atoms with Gasteiger partial charge in [0, 0.05) is 29.7 Å². The van der Waals surface area contributed by atoms with Gasteiger partial charge in [0.15, 0.2) is 0 Å².